The molecule has 166 valence electrons. The van der Waals surface area contributed by atoms with Crippen molar-refractivity contribution in [1.82, 2.24) is 29.4 Å². The van der Waals surface area contributed by atoms with Crippen molar-refractivity contribution in [1.29, 1.82) is 0 Å². The molecular weight excluding hydrogens is 408 g/mol. The number of hydrogen-bond acceptors (Lipinski definition) is 3. The summed E-state index contributed by atoms with van der Waals surface area (Å²) in [7, 11) is 1.93. The van der Waals surface area contributed by atoms with Gasteiger partial charge in [0.15, 0.2) is 0 Å². The second-order valence-electron chi connectivity index (χ2n) is 9.22. The molecule has 6 rings (SSSR count). The van der Waals surface area contributed by atoms with E-state index in [0.717, 1.165) is 45.2 Å². The summed E-state index contributed by atoms with van der Waals surface area (Å²) in [5.41, 5.74) is 11.6. The highest BCUT2D eigenvalue weighted by Gasteiger charge is 2.18. The van der Waals surface area contributed by atoms with Gasteiger partial charge >= 0.3 is 0 Å². The van der Waals surface area contributed by atoms with E-state index in [4.69, 9.17) is 4.98 Å². The maximum absolute atomic E-state index is 4.77. The molecule has 1 aliphatic rings. The molecule has 1 atom stereocenters. The maximum atomic E-state index is 4.77. The van der Waals surface area contributed by atoms with Gasteiger partial charge in [0.25, 0.3) is 0 Å². The van der Waals surface area contributed by atoms with Gasteiger partial charge in [0.2, 0.25) is 0 Å². The van der Waals surface area contributed by atoms with E-state index in [9.17, 15) is 0 Å². The Balaban J connectivity index is 0.00000241. The van der Waals surface area contributed by atoms with Gasteiger partial charge < -0.3 is 4.98 Å². The lowest BCUT2D eigenvalue weighted by atomic mass is 9.84. The third-order valence-corrected chi connectivity index (χ3v) is 6.65. The second-order valence-corrected chi connectivity index (χ2v) is 9.22. The molecule has 0 saturated carbocycles. The van der Waals surface area contributed by atoms with Gasteiger partial charge in [0, 0.05) is 60.9 Å². The average molecular weight is 437 g/mol. The highest BCUT2D eigenvalue weighted by atomic mass is 15.2. The highest BCUT2D eigenvalue weighted by molar-refractivity contribution is 5.97. The van der Waals surface area contributed by atoms with E-state index in [1.165, 1.54) is 22.3 Å². The molecule has 1 aliphatic carbocycles. The lowest BCUT2D eigenvalue weighted by Gasteiger charge is -2.22. The quantitative estimate of drug-likeness (QED) is 0.362. The summed E-state index contributed by atoms with van der Waals surface area (Å²) in [5.74, 6) is 0.588. The normalized spacial score (nSPS) is 16.7. The molecule has 0 spiro atoms. The Bertz CT molecular complexity index is 1600. The van der Waals surface area contributed by atoms with Crippen molar-refractivity contribution in [3.8, 4) is 22.3 Å². The summed E-state index contributed by atoms with van der Waals surface area (Å²) >= 11 is 0. The fourth-order valence-electron chi connectivity index (χ4n) is 5.27. The van der Waals surface area contributed by atoms with Crippen LogP contribution in [0.2, 0.25) is 0 Å². The molecule has 33 heavy (non-hydrogen) atoms. The van der Waals surface area contributed by atoms with Gasteiger partial charge in [-0.25, -0.2) is 9.50 Å². The minimum atomic E-state index is 0. The van der Waals surface area contributed by atoms with Gasteiger partial charge in [-0.1, -0.05) is 18.6 Å². The number of H-pyrrole nitrogens is 1. The Hall–Kier alpha value is -3.93. The first kappa shape index (κ1) is 19.7. The van der Waals surface area contributed by atoms with Gasteiger partial charge in [0.1, 0.15) is 5.65 Å². The number of aromatic amines is 1. The largest absolute Gasteiger partial charge is 0.346 e. The number of hydrogen-bond donors (Lipinski definition) is 1. The molecule has 6 heteroatoms. The predicted molar refractivity (Wildman–Crippen MR) is 135 cm³/mol. The van der Waals surface area contributed by atoms with Crippen molar-refractivity contribution in [2.45, 2.75) is 27.2 Å². The smallest absolute Gasteiger partial charge is 0.137 e. The predicted octanol–water partition coefficient (Wildman–Crippen LogP) is 6.28. The Kier molecular flexibility index (Phi) is 4.37. The van der Waals surface area contributed by atoms with E-state index < -0.39 is 0 Å². The van der Waals surface area contributed by atoms with E-state index in [0.29, 0.717) is 5.92 Å². The van der Waals surface area contributed by atoms with Crippen LogP contribution in [-0.4, -0.2) is 29.4 Å². The molecule has 0 fully saturated rings. The number of allylic oxidation sites excluding steroid dienone is 4. The lowest BCUT2D eigenvalue weighted by Crippen LogP contribution is -2.04. The molecule has 5 aromatic heterocycles. The molecule has 0 radical (unpaired) electrons. The van der Waals surface area contributed by atoms with Crippen molar-refractivity contribution >= 4 is 22.1 Å². The minimum absolute atomic E-state index is 0. The number of pyridine rings is 2. The number of rotatable bonds is 3. The van der Waals surface area contributed by atoms with Crippen LogP contribution >= 0.6 is 0 Å². The highest BCUT2D eigenvalue weighted by Crippen LogP contribution is 2.37. The van der Waals surface area contributed by atoms with Crippen molar-refractivity contribution in [3.63, 3.8) is 0 Å². The Labute approximate surface area is 193 Å². The molecular formula is C27H28N6. The first-order chi connectivity index (χ1) is 16.0. The van der Waals surface area contributed by atoms with E-state index in [-0.39, 0.29) is 1.43 Å². The number of aromatic nitrogens is 6. The summed E-state index contributed by atoms with van der Waals surface area (Å²) in [6, 6.07) is 6.59. The van der Waals surface area contributed by atoms with Crippen LogP contribution in [0.1, 0.15) is 34.2 Å². The molecule has 0 amide bonds. The number of nitrogens with zero attached hydrogens (tertiary/aromatic N) is 5. The van der Waals surface area contributed by atoms with Crippen molar-refractivity contribution in [3.05, 3.63) is 78.2 Å². The van der Waals surface area contributed by atoms with Crippen molar-refractivity contribution in [2.75, 3.05) is 0 Å². The Morgan fingerprint density at radius 2 is 1.91 bits per heavy atom. The van der Waals surface area contributed by atoms with Gasteiger partial charge in [-0.05, 0) is 61.1 Å². The number of fused-ring (bicyclic) bond motifs is 2. The minimum Gasteiger partial charge on any atom is -0.346 e. The number of aryl methyl sites for hydroxylation is 1. The molecule has 6 nitrogen and oxygen atoms in total. The number of nitrogens with one attached hydrogen (secondary N) is 1. The summed E-state index contributed by atoms with van der Waals surface area (Å²) in [6.45, 7) is 6.74. The summed E-state index contributed by atoms with van der Waals surface area (Å²) in [4.78, 5) is 8.13. The third-order valence-electron chi connectivity index (χ3n) is 6.65. The van der Waals surface area contributed by atoms with E-state index in [2.05, 4.69) is 66.4 Å². The van der Waals surface area contributed by atoms with Crippen LogP contribution in [0.25, 0.3) is 44.4 Å². The summed E-state index contributed by atoms with van der Waals surface area (Å²) in [5, 5.41) is 9.99. The van der Waals surface area contributed by atoms with Crippen LogP contribution in [0.3, 0.4) is 0 Å². The fourth-order valence-corrected chi connectivity index (χ4v) is 5.27. The average Bonchev–Trinajstić information content (AvgIpc) is 3.50. The molecule has 0 saturated heterocycles. The van der Waals surface area contributed by atoms with Crippen LogP contribution in [0, 0.1) is 5.92 Å². The SMILES string of the molecule is CC1=CC(C)CC(C)=C1c1cnc2[nH]cc(-c3ccn4ncc(-c5cnn(C)c5)c4c3)c2c1.[HH]. The van der Waals surface area contributed by atoms with Gasteiger partial charge in [-0.15, -0.1) is 0 Å². The fraction of sp³-hybridized carbons (Fsp3) is 0.222. The Morgan fingerprint density at radius 1 is 1.03 bits per heavy atom. The molecule has 0 aromatic carbocycles. The van der Waals surface area contributed by atoms with E-state index in [1.807, 2.05) is 47.2 Å². The van der Waals surface area contributed by atoms with Crippen LogP contribution in [-0.2, 0) is 7.05 Å². The summed E-state index contributed by atoms with van der Waals surface area (Å²) in [6.07, 6.45) is 15.3. The molecule has 5 heterocycles. The molecule has 1 unspecified atom stereocenters. The van der Waals surface area contributed by atoms with Gasteiger partial charge in [0.05, 0.1) is 17.9 Å². The van der Waals surface area contributed by atoms with E-state index in [1.54, 1.807) is 0 Å². The third kappa shape index (κ3) is 3.21. The van der Waals surface area contributed by atoms with Crippen molar-refractivity contribution < 1.29 is 1.43 Å². The monoisotopic (exact) mass is 436 g/mol. The van der Waals surface area contributed by atoms with Crippen molar-refractivity contribution in [2.24, 2.45) is 13.0 Å². The molecule has 1 N–H and O–H groups in total. The Morgan fingerprint density at radius 3 is 2.70 bits per heavy atom. The maximum Gasteiger partial charge on any atom is 0.137 e. The van der Waals surface area contributed by atoms with Crippen LogP contribution < -0.4 is 0 Å². The van der Waals surface area contributed by atoms with E-state index >= 15 is 0 Å². The van der Waals surface area contributed by atoms with Crippen LogP contribution in [0.5, 0.6) is 0 Å². The first-order valence-electron chi connectivity index (χ1n) is 11.3. The molecule has 0 bridgehead atoms. The second kappa shape index (κ2) is 7.30. The van der Waals surface area contributed by atoms with Crippen LogP contribution in [0.4, 0.5) is 0 Å². The molecule has 0 aliphatic heterocycles. The van der Waals surface area contributed by atoms with Crippen LogP contribution in [0.15, 0.2) is 72.6 Å². The lowest BCUT2D eigenvalue weighted by molar-refractivity contribution is 0.703. The topological polar surface area (TPSA) is 63.8 Å². The zero-order chi connectivity index (χ0) is 22.7. The molecule has 5 aromatic rings. The summed E-state index contributed by atoms with van der Waals surface area (Å²) < 4.78 is 3.73. The van der Waals surface area contributed by atoms with Gasteiger partial charge in [-0.2, -0.15) is 10.2 Å². The van der Waals surface area contributed by atoms with Gasteiger partial charge in [-0.3, -0.25) is 4.68 Å². The standard InChI is InChI=1S/C27H26N6.H2/c1-16-7-17(2)26(18(3)8-16)20-9-22-23(13-29-27(22)28-11-20)19-5-6-33-25(10-19)24(14-31-33)21-12-30-32(4)15-21;/h5-7,9-16H,8H2,1-4H3,(H,28,29);1H. The zero-order valence-electron chi connectivity index (χ0n) is 19.3. The zero-order valence-corrected chi connectivity index (χ0v) is 19.3. The first-order valence-corrected chi connectivity index (χ1v) is 11.3.